The van der Waals surface area contributed by atoms with Gasteiger partial charge in [0.05, 0.1) is 38.2 Å². The molecule has 1 fully saturated rings. The van der Waals surface area contributed by atoms with Gasteiger partial charge in [-0.1, -0.05) is 35.9 Å². The van der Waals surface area contributed by atoms with Crippen molar-refractivity contribution in [3.8, 4) is 11.5 Å². The van der Waals surface area contributed by atoms with E-state index in [9.17, 15) is 14.4 Å². The Balaban J connectivity index is 1.60. The zero-order chi connectivity index (χ0) is 26.1. The quantitative estimate of drug-likeness (QED) is 0.382. The van der Waals surface area contributed by atoms with Crippen LogP contribution in [0.15, 0.2) is 70.3 Å². The van der Waals surface area contributed by atoms with Crippen LogP contribution in [0.4, 0.5) is 0 Å². The van der Waals surface area contributed by atoms with E-state index in [1.807, 2.05) is 12.1 Å². The molecule has 8 nitrogen and oxygen atoms in total. The van der Waals surface area contributed by atoms with E-state index in [4.69, 9.17) is 21.1 Å². The zero-order valence-corrected chi connectivity index (χ0v) is 21.2. The van der Waals surface area contributed by atoms with Crippen LogP contribution < -0.4 is 26.0 Å². The van der Waals surface area contributed by atoms with Crippen molar-refractivity contribution in [1.29, 1.82) is 0 Å². The smallest absolute Gasteiger partial charge is 0.332 e. The largest absolute Gasteiger partial charge is 0.493 e. The summed E-state index contributed by atoms with van der Waals surface area (Å²) in [4.78, 5) is 39.6. The number of benzene rings is 3. The molecule has 1 aliphatic carbocycles. The third-order valence-corrected chi connectivity index (χ3v) is 6.66. The number of nitrogens with zero attached hydrogens (tertiary/aromatic N) is 2. The van der Waals surface area contributed by atoms with Crippen LogP contribution in [0.25, 0.3) is 10.9 Å². The van der Waals surface area contributed by atoms with Crippen LogP contribution in [-0.4, -0.2) is 35.3 Å². The standard InChI is InChI=1S/C28H26ClN3O5/c1-36-24-13-22-23(14-25(24)37-2)31(16-18-4-3-5-20(29)12-18)28(35)32(27(22)34)15-17-6-8-19(9-7-17)26(33)30-21-10-11-21/h3-9,12-14,21H,10-11,15-16H2,1-2H3,(H,30,33). The van der Waals surface area contributed by atoms with Crippen LogP contribution in [0.1, 0.15) is 34.3 Å². The molecule has 0 atom stereocenters. The van der Waals surface area contributed by atoms with Crippen LogP contribution >= 0.6 is 11.6 Å². The number of halogens is 1. The molecule has 37 heavy (non-hydrogen) atoms. The summed E-state index contributed by atoms with van der Waals surface area (Å²) >= 11 is 6.18. The van der Waals surface area contributed by atoms with Gasteiger partial charge in [-0.2, -0.15) is 0 Å². The number of carbonyl (C=O) groups excluding carboxylic acids is 1. The molecule has 1 heterocycles. The molecule has 0 saturated heterocycles. The van der Waals surface area contributed by atoms with Crippen molar-refractivity contribution >= 4 is 28.4 Å². The highest BCUT2D eigenvalue weighted by Crippen LogP contribution is 2.30. The van der Waals surface area contributed by atoms with Gasteiger partial charge in [-0.25, -0.2) is 4.79 Å². The van der Waals surface area contributed by atoms with Gasteiger partial charge in [0.25, 0.3) is 11.5 Å². The van der Waals surface area contributed by atoms with E-state index in [0.717, 1.165) is 24.0 Å². The van der Waals surface area contributed by atoms with E-state index in [-0.39, 0.29) is 25.0 Å². The van der Waals surface area contributed by atoms with Crippen molar-refractivity contribution in [3.05, 3.63) is 103 Å². The second-order valence-electron chi connectivity index (χ2n) is 9.06. The van der Waals surface area contributed by atoms with Crippen LogP contribution in [0.5, 0.6) is 11.5 Å². The minimum absolute atomic E-state index is 0.0437. The Morgan fingerprint density at radius 3 is 2.24 bits per heavy atom. The first-order valence-electron chi connectivity index (χ1n) is 11.9. The number of carbonyl (C=O) groups is 1. The molecule has 1 aromatic heterocycles. The molecule has 1 saturated carbocycles. The highest BCUT2D eigenvalue weighted by Gasteiger charge is 2.24. The normalized spacial score (nSPS) is 12.9. The third kappa shape index (κ3) is 5.11. The monoisotopic (exact) mass is 519 g/mol. The minimum atomic E-state index is -0.472. The van der Waals surface area contributed by atoms with Gasteiger partial charge in [0.15, 0.2) is 11.5 Å². The Bertz CT molecular complexity index is 1600. The van der Waals surface area contributed by atoms with E-state index >= 15 is 0 Å². The number of nitrogens with one attached hydrogen (secondary N) is 1. The lowest BCUT2D eigenvalue weighted by molar-refractivity contribution is 0.0951. The molecular formula is C28H26ClN3O5. The highest BCUT2D eigenvalue weighted by molar-refractivity contribution is 6.30. The summed E-state index contributed by atoms with van der Waals surface area (Å²) < 4.78 is 13.6. The lowest BCUT2D eigenvalue weighted by atomic mass is 10.1. The van der Waals surface area contributed by atoms with Gasteiger partial charge in [0.2, 0.25) is 0 Å². The first-order chi connectivity index (χ1) is 17.9. The van der Waals surface area contributed by atoms with Crippen molar-refractivity contribution in [1.82, 2.24) is 14.5 Å². The number of ether oxygens (including phenoxy) is 2. The van der Waals surface area contributed by atoms with E-state index < -0.39 is 11.2 Å². The fourth-order valence-electron chi connectivity index (χ4n) is 4.29. The van der Waals surface area contributed by atoms with Gasteiger partial charge in [0.1, 0.15) is 0 Å². The number of hydrogen-bond acceptors (Lipinski definition) is 5. The molecule has 1 aliphatic rings. The van der Waals surface area contributed by atoms with Gasteiger partial charge in [-0.15, -0.1) is 0 Å². The van der Waals surface area contributed by atoms with Crippen molar-refractivity contribution in [2.45, 2.75) is 32.0 Å². The molecule has 0 unspecified atom stereocenters. The van der Waals surface area contributed by atoms with Crippen molar-refractivity contribution in [2.75, 3.05) is 14.2 Å². The van der Waals surface area contributed by atoms with Crippen molar-refractivity contribution in [3.63, 3.8) is 0 Å². The Morgan fingerprint density at radius 2 is 1.59 bits per heavy atom. The topological polar surface area (TPSA) is 91.6 Å². The summed E-state index contributed by atoms with van der Waals surface area (Å²) in [6.45, 7) is 0.244. The van der Waals surface area contributed by atoms with Crippen LogP contribution in [0.3, 0.4) is 0 Å². The number of aromatic nitrogens is 2. The first-order valence-corrected chi connectivity index (χ1v) is 12.3. The van der Waals surface area contributed by atoms with Crippen molar-refractivity contribution in [2.24, 2.45) is 0 Å². The Morgan fingerprint density at radius 1 is 0.919 bits per heavy atom. The van der Waals surface area contributed by atoms with Crippen molar-refractivity contribution < 1.29 is 14.3 Å². The highest BCUT2D eigenvalue weighted by atomic mass is 35.5. The number of fused-ring (bicyclic) bond motifs is 1. The molecule has 0 spiro atoms. The maximum absolute atomic E-state index is 13.7. The zero-order valence-electron chi connectivity index (χ0n) is 20.5. The molecule has 9 heteroatoms. The molecule has 190 valence electrons. The van der Waals surface area contributed by atoms with Crippen LogP contribution in [-0.2, 0) is 13.1 Å². The first kappa shape index (κ1) is 24.6. The summed E-state index contributed by atoms with van der Waals surface area (Å²) in [5.74, 6) is 0.672. The molecule has 1 N–H and O–H groups in total. The summed E-state index contributed by atoms with van der Waals surface area (Å²) in [7, 11) is 2.99. The Hall–Kier alpha value is -4.04. The van der Waals surface area contributed by atoms with E-state index in [2.05, 4.69) is 5.32 Å². The van der Waals surface area contributed by atoms with Gasteiger partial charge in [0, 0.05) is 22.7 Å². The summed E-state index contributed by atoms with van der Waals surface area (Å²) in [6, 6.07) is 17.6. The predicted molar refractivity (Wildman–Crippen MR) is 142 cm³/mol. The maximum atomic E-state index is 13.7. The summed E-state index contributed by atoms with van der Waals surface area (Å²) in [5, 5.41) is 3.82. The van der Waals surface area contributed by atoms with E-state index in [0.29, 0.717) is 33.0 Å². The Kier molecular flexibility index (Phi) is 6.76. The molecule has 3 aromatic carbocycles. The summed E-state index contributed by atoms with van der Waals surface area (Å²) in [6.07, 6.45) is 2.01. The molecule has 0 bridgehead atoms. The molecule has 1 amide bonds. The Labute approximate surface area is 218 Å². The molecular weight excluding hydrogens is 494 g/mol. The van der Waals surface area contributed by atoms with Crippen LogP contribution in [0, 0.1) is 0 Å². The van der Waals surface area contributed by atoms with E-state index in [1.54, 1.807) is 48.5 Å². The number of amides is 1. The van der Waals surface area contributed by atoms with Gasteiger partial charge in [-0.05, 0) is 54.3 Å². The predicted octanol–water partition coefficient (Wildman–Crippen LogP) is 3.82. The third-order valence-electron chi connectivity index (χ3n) is 6.43. The van der Waals surface area contributed by atoms with Gasteiger partial charge < -0.3 is 14.8 Å². The molecule has 0 aliphatic heterocycles. The second kappa shape index (κ2) is 10.1. The molecule has 5 rings (SSSR count). The number of hydrogen-bond donors (Lipinski definition) is 1. The van der Waals surface area contributed by atoms with E-state index in [1.165, 1.54) is 23.4 Å². The fraction of sp³-hybridized carbons (Fsp3) is 0.250. The number of rotatable bonds is 8. The molecule has 4 aromatic rings. The lowest BCUT2D eigenvalue weighted by Gasteiger charge is -2.17. The van der Waals surface area contributed by atoms with Gasteiger partial charge in [-0.3, -0.25) is 18.7 Å². The second-order valence-corrected chi connectivity index (χ2v) is 9.50. The molecule has 0 radical (unpaired) electrons. The average molecular weight is 520 g/mol. The number of methoxy groups -OCH3 is 2. The minimum Gasteiger partial charge on any atom is -0.493 e. The summed E-state index contributed by atoms with van der Waals surface area (Å²) in [5.41, 5.74) is 1.57. The lowest BCUT2D eigenvalue weighted by Crippen LogP contribution is -2.40. The fourth-order valence-corrected chi connectivity index (χ4v) is 4.51. The average Bonchev–Trinajstić information content (AvgIpc) is 3.72. The van der Waals surface area contributed by atoms with Crippen LogP contribution in [0.2, 0.25) is 5.02 Å². The van der Waals surface area contributed by atoms with Gasteiger partial charge >= 0.3 is 5.69 Å². The maximum Gasteiger partial charge on any atom is 0.332 e. The SMILES string of the molecule is COc1cc2c(=O)n(Cc3ccc(C(=O)NC4CC4)cc3)c(=O)n(Cc3cccc(Cl)c3)c2cc1OC.